The van der Waals surface area contributed by atoms with E-state index in [1.807, 2.05) is 31.2 Å². The number of methoxy groups -OCH3 is 1. The normalized spacial score (nSPS) is 9.82. The molecule has 0 aliphatic carbocycles. The van der Waals surface area contributed by atoms with Gasteiger partial charge in [-0.05, 0) is 37.6 Å². The minimum atomic E-state index is -0.332. The fraction of sp³-hybridized carbons (Fsp3) is 0.462. The minimum absolute atomic E-state index is 0.332. The molecule has 0 saturated heterocycles. The molecule has 1 N–H and O–H groups in total. The van der Waals surface area contributed by atoms with Gasteiger partial charge in [0.1, 0.15) is 0 Å². The average Bonchev–Trinajstić information content (AvgIpc) is 2.38. The lowest BCUT2D eigenvalue weighted by molar-refractivity contribution is 0.179. The molecule has 0 unspecified atom stereocenters. The summed E-state index contributed by atoms with van der Waals surface area (Å²) in [5.41, 5.74) is 1.91. The molecule has 4 nitrogen and oxygen atoms in total. The molecule has 1 amide bonds. The maximum atomic E-state index is 11.5. The molecule has 0 radical (unpaired) electrons. The first-order valence-corrected chi connectivity index (χ1v) is 5.92. The highest BCUT2D eigenvalue weighted by Gasteiger charge is 2.13. The third-order valence-electron chi connectivity index (χ3n) is 2.47. The number of rotatable bonds is 5. The smallest absolute Gasteiger partial charge is 0.413 e. The second-order valence-electron chi connectivity index (χ2n) is 3.69. The van der Waals surface area contributed by atoms with Crippen molar-refractivity contribution in [3.8, 4) is 0 Å². The van der Waals surface area contributed by atoms with Gasteiger partial charge >= 0.3 is 6.09 Å². The van der Waals surface area contributed by atoms with Crippen LogP contribution in [0.15, 0.2) is 24.3 Å². The van der Waals surface area contributed by atoms with Crippen molar-refractivity contribution in [2.75, 3.05) is 30.4 Å². The summed E-state index contributed by atoms with van der Waals surface area (Å²) in [4.78, 5) is 13.1. The molecule has 0 fully saturated rings. The molecule has 4 heteroatoms. The maximum Gasteiger partial charge on any atom is 0.413 e. The lowest BCUT2D eigenvalue weighted by atomic mass is 10.2. The van der Waals surface area contributed by atoms with Gasteiger partial charge in [0.05, 0.1) is 7.11 Å². The lowest BCUT2D eigenvalue weighted by Crippen LogP contribution is -2.30. The molecule has 0 heterocycles. The van der Waals surface area contributed by atoms with Crippen LogP contribution in [0.2, 0.25) is 0 Å². The van der Waals surface area contributed by atoms with E-state index in [2.05, 4.69) is 12.2 Å². The highest BCUT2D eigenvalue weighted by Crippen LogP contribution is 2.18. The minimum Gasteiger partial charge on any atom is -0.452 e. The van der Waals surface area contributed by atoms with E-state index in [9.17, 15) is 4.79 Å². The summed E-state index contributed by atoms with van der Waals surface area (Å²) in [6.45, 7) is 5.58. The third-order valence-corrected chi connectivity index (χ3v) is 2.47. The van der Waals surface area contributed by atoms with Gasteiger partial charge in [-0.3, -0.25) is 4.90 Å². The van der Waals surface area contributed by atoms with Crippen molar-refractivity contribution in [3.05, 3.63) is 24.3 Å². The van der Waals surface area contributed by atoms with Crippen LogP contribution in [0, 0.1) is 0 Å². The Balaban J connectivity index is 2.74. The summed E-state index contributed by atoms with van der Waals surface area (Å²) >= 11 is 0. The zero-order valence-electron chi connectivity index (χ0n) is 10.7. The number of ether oxygens (including phenoxy) is 1. The van der Waals surface area contributed by atoms with Crippen LogP contribution in [0.5, 0.6) is 0 Å². The Morgan fingerprint density at radius 1 is 1.29 bits per heavy atom. The van der Waals surface area contributed by atoms with Crippen LogP contribution in [0.1, 0.15) is 20.3 Å². The topological polar surface area (TPSA) is 41.6 Å². The van der Waals surface area contributed by atoms with Crippen molar-refractivity contribution in [3.63, 3.8) is 0 Å². The monoisotopic (exact) mass is 236 g/mol. The number of hydrogen-bond donors (Lipinski definition) is 1. The molecule has 0 saturated carbocycles. The molecule has 0 aliphatic heterocycles. The summed E-state index contributed by atoms with van der Waals surface area (Å²) in [5, 5.41) is 3.29. The fourth-order valence-corrected chi connectivity index (χ4v) is 1.56. The van der Waals surface area contributed by atoms with Gasteiger partial charge in [0, 0.05) is 24.5 Å². The molecule has 94 valence electrons. The number of benzene rings is 1. The molecule has 1 rings (SSSR count). The maximum absolute atomic E-state index is 11.5. The van der Waals surface area contributed by atoms with Crippen molar-refractivity contribution in [1.29, 1.82) is 0 Å². The predicted molar refractivity (Wildman–Crippen MR) is 70.6 cm³/mol. The average molecular weight is 236 g/mol. The van der Waals surface area contributed by atoms with E-state index in [0.29, 0.717) is 6.54 Å². The van der Waals surface area contributed by atoms with E-state index in [4.69, 9.17) is 4.74 Å². The van der Waals surface area contributed by atoms with Crippen LogP contribution in [0.4, 0.5) is 16.2 Å². The Morgan fingerprint density at radius 3 is 2.41 bits per heavy atom. The van der Waals surface area contributed by atoms with Crippen molar-refractivity contribution < 1.29 is 9.53 Å². The van der Waals surface area contributed by atoms with Gasteiger partial charge in [0.25, 0.3) is 0 Å². The Kier molecular flexibility index (Phi) is 5.33. The van der Waals surface area contributed by atoms with Crippen molar-refractivity contribution >= 4 is 17.5 Å². The quantitative estimate of drug-likeness (QED) is 0.854. The van der Waals surface area contributed by atoms with Gasteiger partial charge in [0.15, 0.2) is 0 Å². The van der Waals surface area contributed by atoms with Gasteiger partial charge < -0.3 is 10.1 Å². The molecular formula is C13H20N2O2. The molecular weight excluding hydrogens is 216 g/mol. The van der Waals surface area contributed by atoms with E-state index in [1.165, 1.54) is 7.11 Å². The molecule has 0 atom stereocenters. The zero-order valence-corrected chi connectivity index (χ0v) is 10.7. The van der Waals surface area contributed by atoms with Crippen molar-refractivity contribution in [1.82, 2.24) is 0 Å². The molecule has 1 aromatic carbocycles. The van der Waals surface area contributed by atoms with E-state index in [0.717, 1.165) is 24.3 Å². The largest absolute Gasteiger partial charge is 0.452 e. The first-order valence-electron chi connectivity index (χ1n) is 5.92. The summed E-state index contributed by atoms with van der Waals surface area (Å²) in [6.07, 6.45) is 0.757. The van der Waals surface area contributed by atoms with Gasteiger partial charge in [-0.25, -0.2) is 4.79 Å². The summed E-state index contributed by atoms with van der Waals surface area (Å²) < 4.78 is 4.72. The first-order chi connectivity index (χ1) is 8.22. The molecule has 1 aromatic rings. The van der Waals surface area contributed by atoms with Crippen molar-refractivity contribution in [2.24, 2.45) is 0 Å². The number of nitrogens with zero attached hydrogens (tertiary/aromatic N) is 1. The highest BCUT2D eigenvalue weighted by atomic mass is 16.5. The highest BCUT2D eigenvalue weighted by molar-refractivity contribution is 5.87. The molecule has 0 spiro atoms. The van der Waals surface area contributed by atoms with Crippen LogP contribution in [0.3, 0.4) is 0 Å². The van der Waals surface area contributed by atoms with Crippen LogP contribution in [-0.4, -0.2) is 26.3 Å². The van der Waals surface area contributed by atoms with Crippen molar-refractivity contribution in [2.45, 2.75) is 20.3 Å². The Hall–Kier alpha value is -1.71. The fourth-order valence-electron chi connectivity index (χ4n) is 1.56. The molecule has 0 aliphatic rings. The number of carbonyl (C=O) groups is 1. The number of hydrogen-bond acceptors (Lipinski definition) is 3. The van der Waals surface area contributed by atoms with Crippen LogP contribution >= 0.6 is 0 Å². The molecule has 0 bridgehead atoms. The van der Waals surface area contributed by atoms with Crippen LogP contribution < -0.4 is 10.2 Å². The Bertz CT molecular complexity index is 349. The summed E-state index contributed by atoms with van der Waals surface area (Å²) in [6, 6.07) is 7.77. The van der Waals surface area contributed by atoms with Gasteiger partial charge in [-0.2, -0.15) is 0 Å². The number of amides is 1. The Labute approximate surface area is 103 Å². The SMILES string of the molecule is CCCNc1ccc(N(CC)C(=O)OC)cc1. The van der Waals surface area contributed by atoms with E-state index in [-0.39, 0.29) is 6.09 Å². The van der Waals surface area contributed by atoms with Gasteiger partial charge in [0.2, 0.25) is 0 Å². The second kappa shape index (κ2) is 6.78. The molecule has 0 aromatic heterocycles. The van der Waals surface area contributed by atoms with Gasteiger partial charge in [-0.15, -0.1) is 0 Å². The first kappa shape index (κ1) is 13.4. The number of nitrogens with one attached hydrogen (secondary N) is 1. The predicted octanol–water partition coefficient (Wildman–Crippen LogP) is 3.10. The lowest BCUT2D eigenvalue weighted by Gasteiger charge is -2.19. The summed E-state index contributed by atoms with van der Waals surface area (Å²) in [7, 11) is 1.39. The third kappa shape index (κ3) is 3.66. The summed E-state index contributed by atoms with van der Waals surface area (Å²) in [5.74, 6) is 0. The van der Waals surface area contributed by atoms with Crippen LogP contribution in [-0.2, 0) is 4.74 Å². The Morgan fingerprint density at radius 2 is 1.94 bits per heavy atom. The van der Waals surface area contributed by atoms with E-state index < -0.39 is 0 Å². The van der Waals surface area contributed by atoms with Gasteiger partial charge in [-0.1, -0.05) is 6.92 Å². The second-order valence-corrected chi connectivity index (χ2v) is 3.69. The van der Waals surface area contributed by atoms with E-state index in [1.54, 1.807) is 4.90 Å². The number of anilines is 2. The molecule has 17 heavy (non-hydrogen) atoms. The number of carbonyl (C=O) groups excluding carboxylic acids is 1. The zero-order chi connectivity index (χ0) is 12.7. The van der Waals surface area contributed by atoms with E-state index >= 15 is 0 Å². The van der Waals surface area contributed by atoms with Crippen LogP contribution in [0.25, 0.3) is 0 Å². The standard InChI is InChI=1S/C13H20N2O2/c1-4-10-14-11-6-8-12(9-7-11)15(5-2)13(16)17-3/h6-9,14H,4-5,10H2,1-3H3.